The minimum Gasteiger partial charge on any atom is -0.484 e. The van der Waals surface area contributed by atoms with E-state index in [-0.39, 0.29) is 18.5 Å². The van der Waals surface area contributed by atoms with E-state index in [2.05, 4.69) is 5.32 Å². The molecule has 90 valence electrons. The molecule has 1 aliphatic rings. The Morgan fingerprint density at radius 1 is 1.53 bits per heavy atom. The van der Waals surface area contributed by atoms with Crippen LogP contribution in [0.25, 0.3) is 0 Å². The van der Waals surface area contributed by atoms with E-state index in [1.165, 1.54) is 0 Å². The van der Waals surface area contributed by atoms with Crippen molar-refractivity contribution in [3.8, 4) is 5.75 Å². The van der Waals surface area contributed by atoms with Crippen molar-refractivity contribution in [1.29, 1.82) is 0 Å². The van der Waals surface area contributed by atoms with E-state index >= 15 is 0 Å². The number of hydrogen-bond donors (Lipinski definition) is 1. The van der Waals surface area contributed by atoms with Crippen LogP contribution in [0.5, 0.6) is 5.75 Å². The van der Waals surface area contributed by atoms with Gasteiger partial charge in [-0.2, -0.15) is 0 Å². The van der Waals surface area contributed by atoms with Gasteiger partial charge in [0.1, 0.15) is 5.75 Å². The lowest BCUT2D eigenvalue weighted by atomic mass is 10.2. The van der Waals surface area contributed by atoms with Crippen molar-refractivity contribution in [3.05, 3.63) is 29.8 Å². The van der Waals surface area contributed by atoms with Gasteiger partial charge in [-0.3, -0.25) is 9.69 Å². The summed E-state index contributed by atoms with van der Waals surface area (Å²) in [6.07, 6.45) is 0. The lowest BCUT2D eigenvalue weighted by molar-refractivity contribution is -0.129. The lowest BCUT2D eigenvalue weighted by Crippen LogP contribution is -2.37. The van der Waals surface area contributed by atoms with Crippen LogP contribution < -0.4 is 10.1 Å². The van der Waals surface area contributed by atoms with Crippen LogP contribution in [0.15, 0.2) is 24.3 Å². The molecule has 0 bridgehead atoms. The van der Waals surface area contributed by atoms with Crippen molar-refractivity contribution in [2.75, 3.05) is 19.7 Å². The molecular weight excluding hydrogens is 220 g/mol. The normalized spacial score (nSPS) is 14.6. The lowest BCUT2D eigenvalue weighted by Gasteiger charge is -2.12. The summed E-state index contributed by atoms with van der Waals surface area (Å²) in [5, 5.41) is 2.57. The Hall–Kier alpha value is -2.04. The zero-order valence-corrected chi connectivity index (χ0v) is 9.60. The molecule has 1 heterocycles. The number of imide groups is 1. The molecule has 0 radical (unpaired) electrons. The molecule has 1 aromatic rings. The summed E-state index contributed by atoms with van der Waals surface area (Å²) in [5.41, 5.74) is 1.06. The zero-order valence-electron chi connectivity index (χ0n) is 9.60. The van der Waals surface area contributed by atoms with Gasteiger partial charge in [0.15, 0.2) is 6.61 Å². The third kappa shape index (κ3) is 2.75. The number of amides is 3. The third-order valence-corrected chi connectivity index (χ3v) is 2.51. The van der Waals surface area contributed by atoms with Gasteiger partial charge in [-0.05, 0) is 24.6 Å². The van der Waals surface area contributed by atoms with Crippen LogP contribution in [0.2, 0.25) is 0 Å². The van der Waals surface area contributed by atoms with Crippen LogP contribution in [-0.2, 0) is 4.79 Å². The van der Waals surface area contributed by atoms with Gasteiger partial charge in [0.25, 0.3) is 5.91 Å². The van der Waals surface area contributed by atoms with E-state index in [0.29, 0.717) is 18.8 Å². The van der Waals surface area contributed by atoms with Crippen molar-refractivity contribution in [3.63, 3.8) is 0 Å². The first-order valence-electron chi connectivity index (χ1n) is 5.44. The smallest absolute Gasteiger partial charge is 0.324 e. The van der Waals surface area contributed by atoms with Crippen LogP contribution >= 0.6 is 0 Å². The number of carbonyl (C=O) groups is 2. The minimum atomic E-state index is -0.345. The van der Waals surface area contributed by atoms with Gasteiger partial charge in [-0.1, -0.05) is 12.1 Å². The molecule has 0 aromatic heterocycles. The summed E-state index contributed by atoms with van der Waals surface area (Å²) >= 11 is 0. The molecule has 17 heavy (non-hydrogen) atoms. The Morgan fingerprint density at radius 2 is 2.35 bits per heavy atom. The van der Waals surface area contributed by atoms with Crippen molar-refractivity contribution < 1.29 is 14.3 Å². The molecular formula is C12H14N2O3. The summed E-state index contributed by atoms with van der Waals surface area (Å²) in [6, 6.07) is 7.09. The Morgan fingerprint density at radius 3 is 3.00 bits per heavy atom. The Balaban J connectivity index is 1.90. The fourth-order valence-electron chi connectivity index (χ4n) is 1.64. The largest absolute Gasteiger partial charge is 0.484 e. The fourth-order valence-corrected chi connectivity index (χ4v) is 1.64. The highest BCUT2D eigenvalue weighted by atomic mass is 16.5. The molecule has 5 heteroatoms. The van der Waals surface area contributed by atoms with Gasteiger partial charge in [-0.15, -0.1) is 0 Å². The maximum Gasteiger partial charge on any atom is 0.324 e. The van der Waals surface area contributed by atoms with E-state index in [0.717, 1.165) is 10.5 Å². The minimum absolute atomic E-state index is 0.114. The maximum atomic E-state index is 11.7. The Labute approximate surface area is 99.4 Å². The van der Waals surface area contributed by atoms with Gasteiger partial charge in [0.2, 0.25) is 0 Å². The van der Waals surface area contributed by atoms with Crippen LogP contribution in [0, 0.1) is 6.92 Å². The summed E-state index contributed by atoms with van der Waals surface area (Å²) in [5.74, 6) is 0.319. The zero-order chi connectivity index (χ0) is 12.3. The molecule has 2 rings (SSSR count). The quantitative estimate of drug-likeness (QED) is 0.846. The third-order valence-electron chi connectivity index (χ3n) is 2.51. The second-order valence-corrected chi connectivity index (χ2v) is 3.88. The number of ether oxygens (including phenoxy) is 1. The molecule has 0 atom stereocenters. The van der Waals surface area contributed by atoms with E-state index in [4.69, 9.17) is 4.74 Å². The molecule has 1 aliphatic heterocycles. The van der Waals surface area contributed by atoms with Gasteiger partial charge in [-0.25, -0.2) is 4.79 Å². The number of carbonyl (C=O) groups excluding carboxylic acids is 2. The second kappa shape index (κ2) is 4.86. The molecule has 1 N–H and O–H groups in total. The predicted octanol–water partition coefficient (Wildman–Crippen LogP) is 0.926. The van der Waals surface area contributed by atoms with Crippen LogP contribution in [0.1, 0.15) is 5.56 Å². The molecule has 0 saturated carbocycles. The first-order valence-corrected chi connectivity index (χ1v) is 5.44. The number of nitrogens with zero attached hydrogens (tertiary/aromatic N) is 1. The predicted molar refractivity (Wildman–Crippen MR) is 61.8 cm³/mol. The standard InChI is InChI=1S/C12H14N2O3/c1-9-3-2-4-10(7-9)17-8-11(15)14-6-5-13-12(14)16/h2-4,7H,5-6,8H2,1H3,(H,13,16). The van der Waals surface area contributed by atoms with Crippen LogP contribution in [-0.4, -0.2) is 36.5 Å². The number of aryl methyl sites for hydroxylation is 1. The van der Waals surface area contributed by atoms with Crippen LogP contribution in [0.4, 0.5) is 4.79 Å². The Kier molecular flexibility index (Phi) is 3.27. The molecule has 3 amide bonds. The average Bonchev–Trinajstić information content (AvgIpc) is 2.72. The highest BCUT2D eigenvalue weighted by molar-refractivity contribution is 5.96. The van der Waals surface area contributed by atoms with E-state index in [1.807, 2.05) is 25.1 Å². The average molecular weight is 234 g/mol. The summed E-state index contributed by atoms with van der Waals surface area (Å²) in [4.78, 5) is 24.0. The number of urea groups is 1. The topological polar surface area (TPSA) is 58.6 Å². The molecule has 1 aromatic carbocycles. The second-order valence-electron chi connectivity index (χ2n) is 3.88. The van der Waals surface area contributed by atoms with E-state index < -0.39 is 0 Å². The number of benzene rings is 1. The number of hydrogen-bond acceptors (Lipinski definition) is 3. The number of nitrogens with one attached hydrogen (secondary N) is 1. The summed E-state index contributed by atoms with van der Waals surface area (Å²) < 4.78 is 5.34. The molecule has 1 saturated heterocycles. The Bertz CT molecular complexity index is 445. The first-order chi connectivity index (χ1) is 8.16. The molecule has 0 unspecified atom stereocenters. The van der Waals surface area contributed by atoms with Crippen molar-refractivity contribution in [1.82, 2.24) is 10.2 Å². The van der Waals surface area contributed by atoms with Crippen molar-refractivity contribution >= 4 is 11.9 Å². The van der Waals surface area contributed by atoms with Gasteiger partial charge >= 0.3 is 6.03 Å². The summed E-state index contributed by atoms with van der Waals surface area (Å²) in [6.45, 7) is 2.75. The summed E-state index contributed by atoms with van der Waals surface area (Å²) in [7, 11) is 0. The van der Waals surface area contributed by atoms with Gasteiger partial charge in [0, 0.05) is 13.1 Å². The SMILES string of the molecule is Cc1cccc(OCC(=O)N2CCNC2=O)c1. The van der Waals surface area contributed by atoms with E-state index in [1.54, 1.807) is 6.07 Å². The monoisotopic (exact) mass is 234 g/mol. The molecule has 5 nitrogen and oxygen atoms in total. The van der Waals surface area contributed by atoms with Crippen molar-refractivity contribution in [2.24, 2.45) is 0 Å². The first kappa shape index (κ1) is 11.4. The fraction of sp³-hybridized carbons (Fsp3) is 0.333. The number of rotatable bonds is 3. The molecule has 0 aliphatic carbocycles. The van der Waals surface area contributed by atoms with Gasteiger partial charge in [0.05, 0.1) is 0 Å². The highest BCUT2D eigenvalue weighted by Gasteiger charge is 2.26. The molecule has 1 fully saturated rings. The molecule has 0 spiro atoms. The van der Waals surface area contributed by atoms with E-state index in [9.17, 15) is 9.59 Å². The van der Waals surface area contributed by atoms with Crippen LogP contribution in [0.3, 0.4) is 0 Å². The van der Waals surface area contributed by atoms with Crippen molar-refractivity contribution in [2.45, 2.75) is 6.92 Å². The maximum absolute atomic E-state index is 11.7. The van der Waals surface area contributed by atoms with Gasteiger partial charge < -0.3 is 10.1 Å². The highest BCUT2D eigenvalue weighted by Crippen LogP contribution is 2.12.